The van der Waals surface area contributed by atoms with Crippen LogP contribution in [0.25, 0.3) is 0 Å². The van der Waals surface area contributed by atoms with E-state index in [4.69, 9.17) is 9.37 Å². The third kappa shape index (κ3) is 3.66. The summed E-state index contributed by atoms with van der Waals surface area (Å²) in [5.74, 6) is 0.126. The van der Waals surface area contributed by atoms with E-state index in [-0.39, 0.29) is 5.82 Å². The van der Waals surface area contributed by atoms with Gasteiger partial charge in [0.05, 0.1) is 16.7 Å². The third-order valence-electron chi connectivity index (χ3n) is 5.18. The molecule has 2 saturated heterocycles. The molecular weight excluding hydrogens is 405 g/mol. The fraction of sp³-hybridized carbons (Fsp3) is 0.500. The normalized spacial score (nSPS) is 25.6. The first kappa shape index (κ1) is 17.6. The van der Waals surface area contributed by atoms with E-state index in [9.17, 15) is 9.60 Å². The van der Waals surface area contributed by atoms with Crippen LogP contribution in [-0.2, 0) is 17.6 Å². The molecule has 1 aromatic carbocycles. The highest BCUT2D eigenvalue weighted by molar-refractivity contribution is 9.10. The van der Waals surface area contributed by atoms with Crippen LogP contribution in [0.15, 0.2) is 32.5 Å². The van der Waals surface area contributed by atoms with Crippen LogP contribution in [-0.4, -0.2) is 33.4 Å². The van der Waals surface area contributed by atoms with Crippen LogP contribution in [0.5, 0.6) is 0 Å². The Morgan fingerprint density at radius 2 is 2.04 bits per heavy atom. The molecule has 2 atom stereocenters. The number of halogens is 2. The summed E-state index contributed by atoms with van der Waals surface area (Å²) in [6, 6.07) is 4.67. The average Bonchev–Trinajstić information content (AvgIpc) is 3.22. The second-order valence-electron chi connectivity index (χ2n) is 7.03. The topological polar surface area (TPSA) is 80.7 Å². The molecule has 2 unspecified atom stereocenters. The average molecular weight is 424 g/mol. The minimum Gasteiger partial charge on any atom is -0.411 e. The number of oxime groups is 1. The van der Waals surface area contributed by atoms with Gasteiger partial charge in [-0.1, -0.05) is 16.4 Å². The number of hydrogen-bond acceptors (Lipinski definition) is 6. The van der Waals surface area contributed by atoms with Crippen molar-refractivity contribution in [2.75, 3.05) is 0 Å². The number of ether oxygens (including phenoxy) is 1. The van der Waals surface area contributed by atoms with Gasteiger partial charge in [0.1, 0.15) is 17.2 Å². The van der Waals surface area contributed by atoms with Gasteiger partial charge in [-0.25, -0.2) is 9.02 Å². The molecule has 2 aliphatic heterocycles. The Balaban J connectivity index is 1.50. The van der Waals surface area contributed by atoms with Gasteiger partial charge >= 0.3 is 0 Å². The minimum absolute atomic E-state index is 0.301. The molecule has 2 bridgehead atoms. The lowest BCUT2D eigenvalue weighted by molar-refractivity contribution is -0.0193. The molecule has 0 aliphatic carbocycles. The largest absolute Gasteiger partial charge is 0.411 e. The number of aromatic nitrogens is 2. The summed E-state index contributed by atoms with van der Waals surface area (Å²) in [5.41, 5.74) is 2.32. The molecule has 1 N–H and O–H groups in total. The molecule has 138 valence electrons. The predicted octanol–water partition coefficient (Wildman–Crippen LogP) is 3.89. The van der Waals surface area contributed by atoms with Crippen molar-refractivity contribution >= 4 is 21.6 Å². The molecule has 4 rings (SSSR count). The Labute approximate surface area is 158 Å². The van der Waals surface area contributed by atoms with Crippen LogP contribution in [0, 0.1) is 11.7 Å². The first-order valence-corrected chi connectivity index (χ1v) is 9.53. The van der Waals surface area contributed by atoms with Gasteiger partial charge in [-0.2, -0.15) is 0 Å². The van der Waals surface area contributed by atoms with E-state index in [1.807, 2.05) is 0 Å². The van der Waals surface area contributed by atoms with Crippen molar-refractivity contribution in [2.45, 2.75) is 50.7 Å². The number of fused-ring (bicyclic) bond motifs is 2. The van der Waals surface area contributed by atoms with E-state index in [0.29, 0.717) is 46.1 Å². The summed E-state index contributed by atoms with van der Waals surface area (Å²) < 4.78 is 24.6. The number of rotatable bonds is 5. The monoisotopic (exact) mass is 423 g/mol. The van der Waals surface area contributed by atoms with Crippen molar-refractivity contribution in [2.24, 2.45) is 11.1 Å². The smallest absolute Gasteiger partial charge is 0.156 e. The molecule has 8 heteroatoms. The zero-order chi connectivity index (χ0) is 18.1. The first-order chi connectivity index (χ1) is 12.6. The molecular formula is C18H19BrFN3O3. The minimum atomic E-state index is -0.339. The highest BCUT2D eigenvalue weighted by atomic mass is 79.9. The Hall–Kier alpha value is -1.80. The van der Waals surface area contributed by atoms with Crippen molar-refractivity contribution < 1.29 is 19.0 Å². The summed E-state index contributed by atoms with van der Waals surface area (Å²) in [5, 5.41) is 20.9. The van der Waals surface area contributed by atoms with E-state index in [1.54, 1.807) is 12.1 Å². The molecule has 2 fully saturated rings. The summed E-state index contributed by atoms with van der Waals surface area (Å²) in [7, 11) is 0. The SMILES string of the molecule is ON=C(Cc1ccc(F)c(Br)c1)c1nonc1CC1CC2CCC(C1)O2. The number of nitrogens with zero attached hydrogens (tertiary/aromatic N) is 3. The third-order valence-corrected chi connectivity index (χ3v) is 5.78. The molecule has 2 aromatic rings. The van der Waals surface area contributed by atoms with E-state index in [2.05, 4.69) is 31.4 Å². The standard InChI is InChI=1S/C18H19BrFN3O3/c19-14-7-10(1-4-15(14)20)8-16(21-24)18-17(22-26-23-18)9-11-5-12-2-3-13(6-11)25-12/h1,4,7,11-13,24H,2-3,5-6,8-9H2. The zero-order valence-corrected chi connectivity index (χ0v) is 15.7. The van der Waals surface area contributed by atoms with Gasteiger partial charge in [0.2, 0.25) is 0 Å². The van der Waals surface area contributed by atoms with Crippen molar-refractivity contribution in [3.8, 4) is 0 Å². The molecule has 0 radical (unpaired) electrons. The quantitative estimate of drug-likeness (QED) is 0.448. The second kappa shape index (κ2) is 7.44. The van der Waals surface area contributed by atoms with Crippen LogP contribution in [0.4, 0.5) is 4.39 Å². The van der Waals surface area contributed by atoms with E-state index < -0.39 is 0 Å². The highest BCUT2D eigenvalue weighted by Crippen LogP contribution is 2.37. The summed E-state index contributed by atoms with van der Waals surface area (Å²) in [6.07, 6.45) is 6.02. The van der Waals surface area contributed by atoms with Crippen molar-refractivity contribution in [3.05, 3.63) is 45.4 Å². The van der Waals surface area contributed by atoms with Gasteiger partial charge in [-0.3, -0.25) is 0 Å². The van der Waals surface area contributed by atoms with Gasteiger partial charge in [0.25, 0.3) is 0 Å². The summed E-state index contributed by atoms with van der Waals surface area (Å²) in [6.45, 7) is 0. The second-order valence-corrected chi connectivity index (χ2v) is 7.88. The van der Waals surface area contributed by atoms with Crippen molar-refractivity contribution in [1.82, 2.24) is 10.3 Å². The number of benzene rings is 1. The van der Waals surface area contributed by atoms with Gasteiger partial charge in [0, 0.05) is 6.42 Å². The molecule has 0 amide bonds. The molecule has 1 aromatic heterocycles. The van der Waals surface area contributed by atoms with Gasteiger partial charge in [-0.05, 0) is 76.8 Å². The molecule has 0 spiro atoms. The van der Waals surface area contributed by atoms with Crippen LogP contribution >= 0.6 is 15.9 Å². The summed E-state index contributed by atoms with van der Waals surface area (Å²) in [4.78, 5) is 0. The predicted molar refractivity (Wildman–Crippen MR) is 94.7 cm³/mol. The zero-order valence-electron chi connectivity index (χ0n) is 14.1. The lowest BCUT2D eigenvalue weighted by Crippen LogP contribution is -2.26. The molecule has 3 heterocycles. The fourth-order valence-corrected chi connectivity index (χ4v) is 4.40. The van der Waals surface area contributed by atoms with Crippen LogP contribution in [0.2, 0.25) is 0 Å². The lowest BCUT2D eigenvalue weighted by atomic mass is 9.90. The molecule has 6 nitrogen and oxygen atoms in total. The van der Waals surface area contributed by atoms with Crippen molar-refractivity contribution in [1.29, 1.82) is 0 Å². The number of hydrogen-bond donors (Lipinski definition) is 1. The fourth-order valence-electron chi connectivity index (χ4n) is 3.98. The first-order valence-electron chi connectivity index (χ1n) is 8.74. The Morgan fingerprint density at radius 3 is 2.73 bits per heavy atom. The maximum Gasteiger partial charge on any atom is 0.156 e. The van der Waals surface area contributed by atoms with Crippen LogP contribution in [0.1, 0.15) is 42.6 Å². The molecule has 2 aliphatic rings. The van der Waals surface area contributed by atoms with E-state index in [0.717, 1.165) is 37.7 Å². The Bertz CT molecular complexity index is 814. The molecule has 0 saturated carbocycles. The van der Waals surface area contributed by atoms with E-state index >= 15 is 0 Å². The highest BCUT2D eigenvalue weighted by Gasteiger charge is 2.36. The maximum absolute atomic E-state index is 13.4. The summed E-state index contributed by atoms with van der Waals surface area (Å²) >= 11 is 3.17. The lowest BCUT2D eigenvalue weighted by Gasteiger charge is -2.27. The maximum atomic E-state index is 13.4. The van der Waals surface area contributed by atoms with E-state index in [1.165, 1.54) is 6.07 Å². The Morgan fingerprint density at radius 1 is 1.27 bits per heavy atom. The van der Waals surface area contributed by atoms with Gasteiger partial charge in [-0.15, -0.1) is 0 Å². The van der Waals surface area contributed by atoms with Gasteiger partial charge in [0.15, 0.2) is 5.69 Å². The Kier molecular flexibility index (Phi) is 5.04. The molecule has 26 heavy (non-hydrogen) atoms. The van der Waals surface area contributed by atoms with Crippen molar-refractivity contribution in [3.63, 3.8) is 0 Å². The van der Waals surface area contributed by atoms with Crippen LogP contribution in [0.3, 0.4) is 0 Å². The van der Waals surface area contributed by atoms with Gasteiger partial charge < -0.3 is 9.94 Å². The van der Waals surface area contributed by atoms with Crippen LogP contribution < -0.4 is 0 Å².